The van der Waals surface area contributed by atoms with Gasteiger partial charge < -0.3 is 15.8 Å². The van der Waals surface area contributed by atoms with Gasteiger partial charge in [0.2, 0.25) is 5.88 Å². The summed E-state index contributed by atoms with van der Waals surface area (Å²) < 4.78 is 5.27. The fraction of sp³-hybridized carbons (Fsp3) is 0.636. The molecule has 0 aromatic carbocycles. The van der Waals surface area contributed by atoms with E-state index in [-0.39, 0.29) is 0 Å². The first-order valence-electron chi connectivity index (χ1n) is 5.65. The van der Waals surface area contributed by atoms with Gasteiger partial charge in [0.25, 0.3) is 0 Å². The largest absolute Gasteiger partial charge is 0.477 e. The summed E-state index contributed by atoms with van der Waals surface area (Å²) in [5.41, 5.74) is 5.49. The van der Waals surface area contributed by atoms with Gasteiger partial charge in [-0.25, -0.2) is 0 Å². The minimum absolute atomic E-state index is 0.530. The summed E-state index contributed by atoms with van der Waals surface area (Å²) in [5.74, 6) is 1.83. The third-order valence-corrected chi connectivity index (χ3v) is 2.20. The van der Waals surface area contributed by atoms with Crippen LogP contribution in [0.2, 0.25) is 0 Å². The van der Waals surface area contributed by atoms with Crippen LogP contribution in [0.25, 0.3) is 0 Å². The summed E-state index contributed by atoms with van der Waals surface area (Å²) in [6.07, 6.45) is 4.31. The van der Waals surface area contributed by atoms with Crippen LogP contribution >= 0.6 is 0 Å². The third kappa shape index (κ3) is 4.44. The van der Waals surface area contributed by atoms with E-state index in [1.165, 1.54) is 0 Å². The van der Waals surface area contributed by atoms with Crippen LogP contribution in [-0.4, -0.2) is 29.7 Å². The van der Waals surface area contributed by atoms with Gasteiger partial charge in [-0.1, -0.05) is 6.92 Å². The number of hydrogen-bond donors (Lipinski definition) is 2. The van der Waals surface area contributed by atoms with Gasteiger partial charge in [0, 0.05) is 6.54 Å². The van der Waals surface area contributed by atoms with Crippen molar-refractivity contribution >= 4 is 5.82 Å². The lowest BCUT2D eigenvalue weighted by Gasteiger charge is -2.12. The maximum absolute atomic E-state index is 5.49. The van der Waals surface area contributed by atoms with Crippen molar-refractivity contribution in [1.29, 1.82) is 0 Å². The van der Waals surface area contributed by atoms with E-state index in [2.05, 4.69) is 22.2 Å². The zero-order valence-corrected chi connectivity index (χ0v) is 9.94. The second-order valence-corrected chi connectivity index (χ2v) is 3.74. The topological polar surface area (TPSA) is 73.1 Å². The van der Waals surface area contributed by atoms with Gasteiger partial charge in [0.05, 0.1) is 19.0 Å². The minimum atomic E-state index is 0.530. The van der Waals surface area contributed by atoms with Gasteiger partial charge in [-0.05, 0) is 25.8 Å². The molecule has 1 aromatic heterocycles. The van der Waals surface area contributed by atoms with E-state index in [9.17, 15) is 0 Å². The third-order valence-electron chi connectivity index (χ3n) is 2.20. The molecule has 1 unspecified atom stereocenters. The second kappa shape index (κ2) is 7.00. The molecule has 1 heterocycles. The Balaban J connectivity index is 2.44. The molecule has 0 aliphatic carbocycles. The molecule has 1 rings (SSSR count). The number of ether oxygens (including phenoxy) is 1. The molecule has 1 atom stereocenters. The van der Waals surface area contributed by atoms with Crippen molar-refractivity contribution in [3.05, 3.63) is 12.4 Å². The highest BCUT2D eigenvalue weighted by atomic mass is 16.5. The Morgan fingerprint density at radius 1 is 1.50 bits per heavy atom. The Hall–Kier alpha value is -1.36. The molecule has 0 aliphatic heterocycles. The molecule has 0 aliphatic rings. The molecule has 0 bridgehead atoms. The van der Waals surface area contributed by atoms with Crippen molar-refractivity contribution < 1.29 is 4.74 Å². The van der Waals surface area contributed by atoms with Crippen LogP contribution in [0.4, 0.5) is 5.82 Å². The van der Waals surface area contributed by atoms with Crippen LogP contribution < -0.4 is 15.8 Å². The quantitative estimate of drug-likeness (QED) is 0.729. The number of nitrogens with one attached hydrogen (secondary N) is 1. The van der Waals surface area contributed by atoms with Crippen LogP contribution in [0.1, 0.15) is 20.3 Å². The van der Waals surface area contributed by atoms with Crippen LogP contribution in [0, 0.1) is 5.92 Å². The first-order valence-corrected chi connectivity index (χ1v) is 5.65. The number of aromatic nitrogens is 2. The molecule has 16 heavy (non-hydrogen) atoms. The van der Waals surface area contributed by atoms with Crippen molar-refractivity contribution in [2.45, 2.75) is 20.3 Å². The number of anilines is 1. The molecule has 0 spiro atoms. The predicted octanol–water partition coefficient (Wildman–Crippen LogP) is 1.27. The number of rotatable bonds is 7. The first-order chi connectivity index (χ1) is 7.76. The fourth-order valence-electron chi connectivity index (χ4n) is 1.32. The summed E-state index contributed by atoms with van der Waals surface area (Å²) in [7, 11) is 0. The summed E-state index contributed by atoms with van der Waals surface area (Å²) in [5, 5.41) is 3.22. The molecule has 5 nitrogen and oxygen atoms in total. The van der Waals surface area contributed by atoms with E-state index in [0.717, 1.165) is 18.8 Å². The fourth-order valence-corrected chi connectivity index (χ4v) is 1.32. The Labute approximate surface area is 96.4 Å². The lowest BCUT2D eigenvalue weighted by molar-refractivity contribution is 0.325. The van der Waals surface area contributed by atoms with Gasteiger partial charge in [-0.3, -0.25) is 4.98 Å². The number of hydrogen-bond acceptors (Lipinski definition) is 5. The molecular formula is C11H20N4O. The molecule has 0 saturated carbocycles. The summed E-state index contributed by atoms with van der Waals surface area (Å²) in [6.45, 7) is 6.24. The zero-order chi connectivity index (χ0) is 11.8. The predicted molar refractivity (Wildman–Crippen MR) is 64.5 cm³/mol. The standard InChI is InChI=1S/C11H20N4O/c1-3-16-11-8-13-7-10(15-11)14-6-9(2)4-5-12/h7-9H,3-6,12H2,1-2H3,(H,14,15). The smallest absolute Gasteiger partial charge is 0.234 e. The van der Waals surface area contributed by atoms with Crippen LogP contribution in [0.3, 0.4) is 0 Å². The molecule has 0 saturated heterocycles. The SMILES string of the molecule is CCOc1cncc(NCC(C)CCN)n1. The highest BCUT2D eigenvalue weighted by molar-refractivity contribution is 5.33. The molecule has 5 heteroatoms. The van der Waals surface area contributed by atoms with Crippen molar-refractivity contribution in [2.75, 3.05) is 25.0 Å². The monoisotopic (exact) mass is 224 g/mol. The lowest BCUT2D eigenvalue weighted by Crippen LogP contribution is -2.16. The second-order valence-electron chi connectivity index (χ2n) is 3.74. The first kappa shape index (κ1) is 12.7. The molecule has 0 radical (unpaired) electrons. The Morgan fingerprint density at radius 2 is 2.31 bits per heavy atom. The van der Waals surface area contributed by atoms with Gasteiger partial charge in [-0.2, -0.15) is 4.98 Å². The van der Waals surface area contributed by atoms with Gasteiger partial charge in [0.1, 0.15) is 5.82 Å². The number of nitrogens with two attached hydrogens (primary N) is 1. The van der Waals surface area contributed by atoms with E-state index in [4.69, 9.17) is 10.5 Å². The van der Waals surface area contributed by atoms with Gasteiger partial charge >= 0.3 is 0 Å². The lowest BCUT2D eigenvalue weighted by atomic mass is 10.1. The Bertz CT molecular complexity index is 306. The molecule has 0 fully saturated rings. The molecular weight excluding hydrogens is 204 g/mol. The molecule has 3 N–H and O–H groups in total. The summed E-state index contributed by atoms with van der Waals surface area (Å²) in [4.78, 5) is 8.32. The summed E-state index contributed by atoms with van der Waals surface area (Å²) in [6, 6.07) is 0. The van der Waals surface area contributed by atoms with Crippen molar-refractivity contribution in [3.8, 4) is 5.88 Å². The molecule has 90 valence electrons. The average Bonchev–Trinajstić information content (AvgIpc) is 2.28. The van der Waals surface area contributed by atoms with Crippen LogP contribution in [-0.2, 0) is 0 Å². The van der Waals surface area contributed by atoms with Crippen molar-refractivity contribution in [3.63, 3.8) is 0 Å². The van der Waals surface area contributed by atoms with E-state index in [1.807, 2.05) is 6.92 Å². The van der Waals surface area contributed by atoms with Crippen molar-refractivity contribution in [1.82, 2.24) is 9.97 Å². The minimum Gasteiger partial charge on any atom is -0.477 e. The van der Waals surface area contributed by atoms with Crippen molar-refractivity contribution in [2.24, 2.45) is 11.7 Å². The molecule has 1 aromatic rings. The van der Waals surface area contributed by atoms with Gasteiger partial charge in [0.15, 0.2) is 0 Å². The summed E-state index contributed by atoms with van der Waals surface area (Å²) >= 11 is 0. The normalized spacial score (nSPS) is 12.2. The van der Waals surface area contributed by atoms with Gasteiger partial charge in [-0.15, -0.1) is 0 Å². The highest BCUT2D eigenvalue weighted by Crippen LogP contribution is 2.10. The maximum Gasteiger partial charge on any atom is 0.234 e. The van der Waals surface area contributed by atoms with Crippen LogP contribution in [0.5, 0.6) is 5.88 Å². The zero-order valence-electron chi connectivity index (χ0n) is 9.94. The Morgan fingerprint density at radius 3 is 3.00 bits per heavy atom. The van der Waals surface area contributed by atoms with E-state index >= 15 is 0 Å². The highest BCUT2D eigenvalue weighted by Gasteiger charge is 2.02. The Kier molecular flexibility index (Phi) is 5.56. The van der Waals surface area contributed by atoms with E-state index in [0.29, 0.717) is 24.9 Å². The molecule has 0 amide bonds. The average molecular weight is 224 g/mol. The number of nitrogens with zero attached hydrogens (tertiary/aromatic N) is 2. The van der Waals surface area contributed by atoms with Crippen LogP contribution in [0.15, 0.2) is 12.4 Å². The van der Waals surface area contributed by atoms with E-state index < -0.39 is 0 Å². The van der Waals surface area contributed by atoms with E-state index in [1.54, 1.807) is 12.4 Å². The maximum atomic E-state index is 5.49.